The molecule has 1 heterocycles. The number of hydrogen-bond donors (Lipinski definition) is 1. The van der Waals surface area contributed by atoms with Gasteiger partial charge in [-0.2, -0.15) is 5.10 Å². The molecule has 2 aromatic rings. The second-order valence-corrected chi connectivity index (χ2v) is 4.20. The molecule has 5 nitrogen and oxygen atoms in total. The number of aromatic hydroxyl groups is 1. The lowest BCUT2D eigenvalue weighted by Crippen LogP contribution is -1.97. The van der Waals surface area contributed by atoms with Gasteiger partial charge in [0.15, 0.2) is 11.6 Å². The molecule has 0 unspecified atom stereocenters. The Bertz CT molecular complexity index is 609. The highest BCUT2D eigenvalue weighted by Gasteiger charge is 2.05. The van der Waals surface area contributed by atoms with E-state index in [4.69, 9.17) is 0 Å². The lowest BCUT2D eigenvalue weighted by atomic mass is 10.1. The van der Waals surface area contributed by atoms with Crippen LogP contribution < -0.4 is 0 Å². The highest BCUT2D eigenvalue weighted by molar-refractivity contribution is 5.84. The van der Waals surface area contributed by atoms with Crippen molar-refractivity contribution in [1.29, 1.82) is 0 Å². The molecule has 0 radical (unpaired) electrons. The monoisotopic (exact) mass is 256 g/mol. The summed E-state index contributed by atoms with van der Waals surface area (Å²) < 4.78 is 1.62. The minimum atomic E-state index is 0.231. The molecule has 0 saturated carbocycles. The maximum Gasteiger partial charge on any atom is 0.151 e. The normalized spacial score (nSPS) is 11.1. The summed E-state index contributed by atoms with van der Waals surface area (Å²) in [5.74, 6) is 1.64. The molecule has 19 heavy (non-hydrogen) atoms. The molecule has 1 aromatic heterocycles. The molecule has 0 fully saturated rings. The molecular weight excluding hydrogens is 240 g/mol. The fourth-order valence-corrected chi connectivity index (χ4v) is 1.79. The van der Waals surface area contributed by atoms with Gasteiger partial charge in [0, 0.05) is 5.56 Å². The first-order valence-corrected chi connectivity index (χ1v) is 5.98. The predicted molar refractivity (Wildman–Crippen MR) is 74.5 cm³/mol. The van der Waals surface area contributed by atoms with Gasteiger partial charge in [-0.3, -0.25) is 0 Å². The second kappa shape index (κ2) is 5.48. The van der Waals surface area contributed by atoms with Crippen LogP contribution in [0.4, 0.5) is 0 Å². The average Bonchev–Trinajstić information content (AvgIpc) is 2.71. The maximum atomic E-state index is 10.1. The summed E-state index contributed by atoms with van der Waals surface area (Å²) in [6.07, 6.45) is 3.98. The summed E-state index contributed by atoms with van der Waals surface area (Å²) >= 11 is 0. The zero-order valence-corrected chi connectivity index (χ0v) is 11.0. The minimum Gasteiger partial charge on any atom is -0.507 e. The summed E-state index contributed by atoms with van der Waals surface area (Å²) in [6.45, 7) is 7.32. The van der Waals surface area contributed by atoms with Gasteiger partial charge in [-0.25, -0.2) is 4.68 Å². The van der Waals surface area contributed by atoms with Crippen LogP contribution >= 0.6 is 0 Å². The smallest absolute Gasteiger partial charge is 0.151 e. The molecule has 1 N–H and O–H groups in total. The van der Waals surface area contributed by atoms with Crippen LogP contribution in [0.25, 0.3) is 0 Å². The summed E-state index contributed by atoms with van der Waals surface area (Å²) in [5, 5.41) is 22.2. The van der Waals surface area contributed by atoms with Gasteiger partial charge < -0.3 is 5.11 Å². The molecule has 0 bridgehead atoms. The first-order valence-electron chi connectivity index (χ1n) is 5.98. The van der Waals surface area contributed by atoms with Gasteiger partial charge in [0.05, 0.1) is 6.21 Å². The van der Waals surface area contributed by atoms with Gasteiger partial charge >= 0.3 is 0 Å². The molecule has 0 atom stereocenters. The molecule has 0 aliphatic rings. The second-order valence-electron chi connectivity index (χ2n) is 4.20. The molecule has 1 aromatic carbocycles. The Morgan fingerprint density at radius 1 is 1.32 bits per heavy atom. The van der Waals surface area contributed by atoms with E-state index in [0.717, 1.165) is 5.56 Å². The lowest BCUT2D eigenvalue weighted by Gasteiger charge is -2.04. The van der Waals surface area contributed by atoms with Gasteiger partial charge in [0.1, 0.15) is 5.75 Å². The Balaban J connectivity index is 2.34. The van der Waals surface area contributed by atoms with Crippen LogP contribution in [0.3, 0.4) is 0 Å². The van der Waals surface area contributed by atoms with Crippen LogP contribution in [0, 0.1) is 13.8 Å². The molecule has 98 valence electrons. The van der Waals surface area contributed by atoms with E-state index in [1.807, 2.05) is 26.0 Å². The first kappa shape index (κ1) is 13.0. The van der Waals surface area contributed by atoms with E-state index in [-0.39, 0.29) is 5.75 Å². The van der Waals surface area contributed by atoms with Gasteiger partial charge in [-0.1, -0.05) is 18.2 Å². The number of rotatable bonds is 4. The molecule has 5 heteroatoms. The Hall–Kier alpha value is -2.43. The zero-order chi connectivity index (χ0) is 13.8. The first-order chi connectivity index (χ1) is 9.13. The van der Waals surface area contributed by atoms with E-state index in [2.05, 4.69) is 21.9 Å². The van der Waals surface area contributed by atoms with E-state index in [1.165, 1.54) is 0 Å². The van der Waals surface area contributed by atoms with Gasteiger partial charge in [0.25, 0.3) is 0 Å². The number of allylic oxidation sites excluding steroid dienone is 1. The van der Waals surface area contributed by atoms with Crippen molar-refractivity contribution < 1.29 is 5.11 Å². The quantitative estimate of drug-likeness (QED) is 0.674. The SMILES string of the molecule is C=CCc1cccc(C=Nn2c(C)nnc2C)c1O. The standard InChI is InChI=1S/C14H16N4O/c1-4-6-12-7-5-8-13(14(12)19)9-15-18-10(2)16-17-11(18)3/h4-5,7-9,19H,1,6H2,2-3H3. The van der Waals surface area contributed by atoms with E-state index in [1.54, 1.807) is 23.0 Å². The number of nitrogens with zero attached hydrogens (tertiary/aromatic N) is 4. The third kappa shape index (κ3) is 2.70. The number of aromatic nitrogens is 3. The van der Waals surface area contributed by atoms with Crippen LogP contribution in [-0.2, 0) is 6.42 Å². The highest BCUT2D eigenvalue weighted by atomic mass is 16.3. The zero-order valence-electron chi connectivity index (χ0n) is 11.0. The highest BCUT2D eigenvalue weighted by Crippen LogP contribution is 2.21. The van der Waals surface area contributed by atoms with Crippen LogP contribution in [0.2, 0.25) is 0 Å². The molecule has 0 aliphatic heterocycles. The fraction of sp³-hybridized carbons (Fsp3) is 0.214. The maximum absolute atomic E-state index is 10.1. The van der Waals surface area contributed by atoms with E-state index < -0.39 is 0 Å². The molecule has 2 rings (SSSR count). The Labute approximate surface area is 111 Å². The molecular formula is C14H16N4O. The molecule has 0 amide bonds. The van der Waals surface area contributed by atoms with Crippen molar-refractivity contribution in [1.82, 2.24) is 14.9 Å². The van der Waals surface area contributed by atoms with Gasteiger partial charge in [0.2, 0.25) is 0 Å². The number of aryl methyl sites for hydroxylation is 2. The van der Waals surface area contributed by atoms with Gasteiger partial charge in [-0.15, -0.1) is 16.8 Å². The minimum absolute atomic E-state index is 0.231. The summed E-state index contributed by atoms with van der Waals surface area (Å²) in [6, 6.07) is 5.55. The summed E-state index contributed by atoms with van der Waals surface area (Å²) in [4.78, 5) is 0. The Morgan fingerprint density at radius 3 is 2.63 bits per heavy atom. The van der Waals surface area contributed by atoms with E-state index in [0.29, 0.717) is 23.6 Å². The van der Waals surface area contributed by atoms with Crippen LogP contribution in [0.5, 0.6) is 5.75 Å². The third-order valence-corrected chi connectivity index (χ3v) is 2.78. The van der Waals surface area contributed by atoms with Gasteiger partial charge in [-0.05, 0) is 31.9 Å². The Kier molecular flexibility index (Phi) is 3.75. The fourth-order valence-electron chi connectivity index (χ4n) is 1.79. The average molecular weight is 256 g/mol. The molecule has 0 aliphatic carbocycles. The summed E-state index contributed by atoms with van der Waals surface area (Å²) in [7, 11) is 0. The van der Waals surface area contributed by atoms with E-state index >= 15 is 0 Å². The van der Waals surface area contributed by atoms with Crippen molar-refractivity contribution in [3.8, 4) is 5.75 Å². The number of hydrogen-bond acceptors (Lipinski definition) is 4. The van der Waals surface area contributed by atoms with Crippen molar-refractivity contribution in [2.75, 3.05) is 0 Å². The third-order valence-electron chi connectivity index (χ3n) is 2.78. The van der Waals surface area contributed by atoms with Crippen LogP contribution in [0.15, 0.2) is 36.0 Å². The number of para-hydroxylation sites is 1. The molecule has 0 saturated heterocycles. The van der Waals surface area contributed by atoms with Crippen molar-refractivity contribution in [2.45, 2.75) is 20.3 Å². The van der Waals surface area contributed by atoms with E-state index in [9.17, 15) is 5.11 Å². The largest absolute Gasteiger partial charge is 0.507 e. The number of phenols is 1. The number of benzene rings is 1. The van der Waals surface area contributed by atoms with Crippen molar-refractivity contribution >= 4 is 6.21 Å². The molecule has 0 spiro atoms. The number of phenolic OH excluding ortho intramolecular Hbond substituents is 1. The topological polar surface area (TPSA) is 63.3 Å². The van der Waals surface area contributed by atoms with Crippen molar-refractivity contribution in [2.24, 2.45) is 5.10 Å². The van der Waals surface area contributed by atoms with Crippen LogP contribution in [0.1, 0.15) is 22.8 Å². The van der Waals surface area contributed by atoms with Crippen molar-refractivity contribution in [3.63, 3.8) is 0 Å². The Morgan fingerprint density at radius 2 is 2.00 bits per heavy atom. The van der Waals surface area contributed by atoms with Crippen LogP contribution in [-0.4, -0.2) is 26.2 Å². The predicted octanol–water partition coefficient (Wildman–Crippen LogP) is 2.21. The lowest BCUT2D eigenvalue weighted by molar-refractivity contribution is 0.469. The summed E-state index contributed by atoms with van der Waals surface area (Å²) in [5.41, 5.74) is 1.49. The van der Waals surface area contributed by atoms with Crippen molar-refractivity contribution in [3.05, 3.63) is 53.6 Å².